The molecule has 0 atom stereocenters. The van der Waals surface area contributed by atoms with Crippen molar-refractivity contribution >= 4 is 27.4 Å². The van der Waals surface area contributed by atoms with Crippen LogP contribution in [0.25, 0.3) is 32.6 Å². The molecular formula is C19H24N6S. The number of aromatic amines is 1. The fourth-order valence-electron chi connectivity index (χ4n) is 2.27. The Morgan fingerprint density at radius 1 is 1.04 bits per heavy atom. The number of thiazole rings is 1. The third-order valence-corrected chi connectivity index (χ3v) is 4.11. The second kappa shape index (κ2) is 9.62. The summed E-state index contributed by atoms with van der Waals surface area (Å²) >= 11 is 1.58. The first-order valence-electron chi connectivity index (χ1n) is 8.69. The zero-order chi connectivity index (χ0) is 18.9. The maximum atomic E-state index is 5.59. The Kier molecular flexibility index (Phi) is 7.23. The minimum atomic E-state index is 0.411. The van der Waals surface area contributed by atoms with Crippen molar-refractivity contribution in [1.82, 2.24) is 25.4 Å². The number of hydrogen-bond acceptors (Lipinski definition) is 6. The molecule has 0 radical (unpaired) electrons. The molecule has 3 heterocycles. The molecule has 0 unspecified atom stereocenters. The fourth-order valence-corrected chi connectivity index (χ4v) is 3.11. The molecule has 0 aliphatic heterocycles. The number of nitrogens with one attached hydrogen (secondary N) is 1. The Bertz CT molecular complexity index is 913. The minimum absolute atomic E-state index is 0.411. The molecule has 0 saturated heterocycles. The lowest BCUT2D eigenvalue weighted by molar-refractivity contribution is 1.05. The van der Waals surface area contributed by atoms with Crippen molar-refractivity contribution in [2.24, 2.45) is 0 Å². The Morgan fingerprint density at radius 3 is 2.38 bits per heavy atom. The number of nitrogens with two attached hydrogens (primary N) is 1. The van der Waals surface area contributed by atoms with E-state index in [9.17, 15) is 0 Å². The minimum Gasteiger partial charge on any atom is -0.382 e. The molecule has 1 aromatic carbocycles. The summed E-state index contributed by atoms with van der Waals surface area (Å²) in [5.74, 6) is 0.411. The Labute approximate surface area is 157 Å². The first kappa shape index (κ1) is 19.5. The lowest BCUT2D eigenvalue weighted by Crippen LogP contribution is -1.94. The number of benzene rings is 1. The van der Waals surface area contributed by atoms with Crippen LogP contribution in [0.5, 0.6) is 0 Å². The standard InChI is InChI=1S/C14H10N6S.C3H8.C2H6/c15-12-4-3-11(19-20-12)10-2-1-9(8-5-17-18-6-8)13-14(10)21-7-16-13;1-3-2;1-2/h1-7H,(H2,15,20)(H,17,18);3H2,1-2H3;1-2H3. The van der Waals surface area contributed by atoms with Crippen molar-refractivity contribution < 1.29 is 0 Å². The molecule has 0 fully saturated rings. The maximum absolute atomic E-state index is 5.59. The van der Waals surface area contributed by atoms with Crippen molar-refractivity contribution in [2.45, 2.75) is 34.1 Å². The second-order valence-corrected chi connectivity index (χ2v) is 6.08. The molecule has 136 valence electrons. The van der Waals surface area contributed by atoms with Crippen LogP contribution in [-0.2, 0) is 0 Å². The van der Waals surface area contributed by atoms with E-state index >= 15 is 0 Å². The Morgan fingerprint density at radius 2 is 1.77 bits per heavy atom. The summed E-state index contributed by atoms with van der Waals surface area (Å²) in [6.45, 7) is 8.25. The highest BCUT2D eigenvalue weighted by Gasteiger charge is 2.13. The van der Waals surface area contributed by atoms with Gasteiger partial charge in [-0.15, -0.1) is 21.5 Å². The van der Waals surface area contributed by atoms with Gasteiger partial charge in [-0.05, 0) is 12.1 Å². The quantitative estimate of drug-likeness (QED) is 0.509. The van der Waals surface area contributed by atoms with Crippen LogP contribution >= 0.6 is 11.3 Å². The summed E-state index contributed by atoms with van der Waals surface area (Å²) in [6.07, 6.45) is 4.90. The molecule has 6 nitrogen and oxygen atoms in total. The van der Waals surface area contributed by atoms with Gasteiger partial charge in [0.1, 0.15) is 5.82 Å². The molecule has 3 aromatic heterocycles. The maximum Gasteiger partial charge on any atom is 0.146 e. The van der Waals surface area contributed by atoms with E-state index in [2.05, 4.69) is 39.2 Å². The summed E-state index contributed by atoms with van der Waals surface area (Å²) in [4.78, 5) is 4.48. The number of aromatic nitrogens is 5. The normalized spacial score (nSPS) is 9.85. The third kappa shape index (κ3) is 4.23. The van der Waals surface area contributed by atoms with E-state index in [1.807, 2.05) is 43.8 Å². The Balaban J connectivity index is 0.000000444. The molecule has 26 heavy (non-hydrogen) atoms. The van der Waals surface area contributed by atoms with E-state index < -0.39 is 0 Å². The van der Waals surface area contributed by atoms with Gasteiger partial charge in [-0.1, -0.05) is 46.2 Å². The summed E-state index contributed by atoms with van der Waals surface area (Å²) < 4.78 is 1.08. The van der Waals surface area contributed by atoms with Gasteiger partial charge in [0.15, 0.2) is 0 Å². The molecule has 0 bridgehead atoms. The van der Waals surface area contributed by atoms with Crippen LogP contribution in [0.15, 0.2) is 42.2 Å². The van der Waals surface area contributed by atoms with Gasteiger partial charge in [0.05, 0.1) is 27.6 Å². The van der Waals surface area contributed by atoms with Crippen molar-refractivity contribution in [2.75, 3.05) is 5.73 Å². The largest absolute Gasteiger partial charge is 0.382 e. The predicted octanol–water partition coefficient (Wildman–Crippen LogP) is 5.17. The van der Waals surface area contributed by atoms with Gasteiger partial charge in [-0.3, -0.25) is 5.10 Å². The highest BCUT2D eigenvalue weighted by Crippen LogP contribution is 2.36. The first-order chi connectivity index (χ1) is 12.7. The van der Waals surface area contributed by atoms with Crippen molar-refractivity contribution in [3.05, 3.63) is 42.2 Å². The van der Waals surface area contributed by atoms with Gasteiger partial charge < -0.3 is 5.73 Å². The summed E-state index contributed by atoms with van der Waals surface area (Å²) in [5, 5.41) is 14.9. The van der Waals surface area contributed by atoms with E-state index in [1.54, 1.807) is 23.6 Å². The number of hydrogen-bond donors (Lipinski definition) is 2. The van der Waals surface area contributed by atoms with Crippen LogP contribution in [0.1, 0.15) is 34.1 Å². The van der Waals surface area contributed by atoms with Gasteiger partial charge >= 0.3 is 0 Å². The van der Waals surface area contributed by atoms with E-state index in [1.165, 1.54) is 6.42 Å². The van der Waals surface area contributed by atoms with Gasteiger partial charge in [0, 0.05) is 22.9 Å². The van der Waals surface area contributed by atoms with Crippen molar-refractivity contribution in [3.8, 4) is 22.4 Å². The molecule has 0 saturated carbocycles. The Hall–Kier alpha value is -2.80. The molecule has 3 N–H and O–H groups in total. The predicted molar refractivity (Wildman–Crippen MR) is 110 cm³/mol. The topological polar surface area (TPSA) is 93.4 Å². The zero-order valence-corrected chi connectivity index (χ0v) is 16.3. The first-order valence-corrected chi connectivity index (χ1v) is 9.57. The molecule has 0 aliphatic carbocycles. The highest BCUT2D eigenvalue weighted by atomic mass is 32.1. The SMILES string of the molecule is CC.CCC.Nc1ccc(-c2ccc(-c3cn[nH]c3)c3ncsc23)nn1. The van der Waals surface area contributed by atoms with Crippen LogP contribution in [0, 0.1) is 0 Å². The fraction of sp³-hybridized carbons (Fsp3) is 0.263. The van der Waals surface area contributed by atoms with E-state index in [0.29, 0.717) is 5.82 Å². The molecular weight excluding hydrogens is 344 g/mol. The van der Waals surface area contributed by atoms with Crippen molar-refractivity contribution in [1.29, 1.82) is 0 Å². The van der Waals surface area contributed by atoms with Crippen LogP contribution in [0.2, 0.25) is 0 Å². The van der Waals surface area contributed by atoms with Crippen LogP contribution < -0.4 is 5.73 Å². The number of fused-ring (bicyclic) bond motifs is 1. The van der Waals surface area contributed by atoms with Crippen LogP contribution in [0.4, 0.5) is 5.82 Å². The summed E-state index contributed by atoms with van der Waals surface area (Å²) in [7, 11) is 0. The number of anilines is 1. The average Bonchev–Trinajstić information content (AvgIpc) is 3.36. The lowest BCUT2D eigenvalue weighted by Gasteiger charge is -2.05. The molecule has 0 spiro atoms. The van der Waals surface area contributed by atoms with Gasteiger partial charge in [0.2, 0.25) is 0 Å². The molecule has 4 aromatic rings. The second-order valence-electron chi connectivity index (χ2n) is 5.23. The van der Waals surface area contributed by atoms with E-state index in [-0.39, 0.29) is 0 Å². The number of nitrogen functional groups attached to an aromatic ring is 1. The van der Waals surface area contributed by atoms with Gasteiger partial charge in [-0.25, -0.2) is 4.98 Å². The third-order valence-electron chi connectivity index (χ3n) is 3.25. The monoisotopic (exact) mass is 368 g/mol. The van der Waals surface area contributed by atoms with Crippen LogP contribution in [0.3, 0.4) is 0 Å². The van der Waals surface area contributed by atoms with Crippen LogP contribution in [-0.4, -0.2) is 25.4 Å². The lowest BCUT2D eigenvalue weighted by atomic mass is 10.0. The van der Waals surface area contributed by atoms with E-state index in [4.69, 9.17) is 5.73 Å². The summed E-state index contributed by atoms with van der Waals surface area (Å²) in [6, 6.07) is 7.68. The number of nitrogens with zero attached hydrogens (tertiary/aromatic N) is 4. The molecule has 0 amide bonds. The number of rotatable bonds is 2. The molecule has 0 aliphatic rings. The van der Waals surface area contributed by atoms with Crippen molar-refractivity contribution in [3.63, 3.8) is 0 Å². The highest BCUT2D eigenvalue weighted by molar-refractivity contribution is 7.17. The smallest absolute Gasteiger partial charge is 0.146 e. The zero-order valence-electron chi connectivity index (χ0n) is 15.5. The molecule has 7 heteroatoms. The van der Waals surface area contributed by atoms with Gasteiger partial charge in [-0.2, -0.15) is 5.10 Å². The number of H-pyrrole nitrogens is 1. The average molecular weight is 369 g/mol. The van der Waals surface area contributed by atoms with Gasteiger partial charge in [0.25, 0.3) is 0 Å². The summed E-state index contributed by atoms with van der Waals surface area (Å²) in [5.41, 5.74) is 12.2. The molecule has 4 rings (SSSR count). The van der Waals surface area contributed by atoms with E-state index in [0.717, 1.165) is 32.6 Å².